The minimum absolute atomic E-state index is 0.0464. The number of aryl methyl sites for hydroxylation is 1. The summed E-state index contributed by atoms with van der Waals surface area (Å²) in [6.45, 7) is 5.19. The first-order valence-electron chi connectivity index (χ1n) is 11.0. The number of ether oxygens (including phenoxy) is 1. The molecule has 9 heteroatoms. The second kappa shape index (κ2) is 7.30. The molecule has 0 saturated carbocycles. The molecule has 32 heavy (non-hydrogen) atoms. The molecule has 0 spiro atoms. The molecule has 1 fully saturated rings. The van der Waals surface area contributed by atoms with Gasteiger partial charge in [0.25, 0.3) is 11.5 Å². The smallest absolute Gasteiger partial charge is 0.274 e. The van der Waals surface area contributed by atoms with Crippen LogP contribution in [0.5, 0.6) is 0 Å². The molecule has 0 unspecified atom stereocenters. The Morgan fingerprint density at radius 1 is 1.16 bits per heavy atom. The summed E-state index contributed by atoms with van der Waals surface area (Å²) < 4.78 is 9.54. The molecule has 0 aliphatic carbocycles. The molecular formula is C23H24N6O3. The van der Waals surface area contributed by atoms with Crippen LogP contribution in [0, 0.1) is 6.92 Å². The van der Waals surface area contributed by atoms with Crippen LogP contribution in [-0.4, -0.2) is 54.5 Å². The maximum absolute atomic E-state index is 13.4. The number of rotatable bonds is 2. The summed E-state index contributed by atoms with van der Waals surface area (Å²) in [6.07, 6.45) is 7.12. The van der Waals surface area contributed by atoms with E-state index < -0.39 is 0 Å². The summed E-state index contributed by atoms with van der Waals surface area (Å²) in [5.41, 5.74) is 3.30. The number of amides is 1. The quantitative estimate of drug-likeness (QED) is 0.524. The van der Waals surface area contributed by atoms with Gasteiger partial charge < -0.3 is 19.2 Å². The highest BCUT2D eigenvalue weighted by molar-refractivity contribution is 5.99. The molecule has 9 nitrogen and oxygen atoms in total. The van der Waals surface area contributed by atoms with Crippen molar-refractivity contribution in [1.29, 1.82) is 0 Å². The number of aromatic amines is 1. The van der Waals surface area contributed by atoms with Crippen LogP contribution in [0.1, 0.15) is 46.3 Å². The lowest BCUT2D eigenvalue weighted by atomic mass is 9.99. The van der Waals surface area contributed by atoms with Crippen LogP contribution in [0.25, 0.3) is 16.6 Å². The predicted octanol–water partition coefficient (Wildman–Crippen LogP) is 2.23. The van der Waals surface area contributed by atoms with E-state index in [4.69, 9.17) is 4.74 Å². The third-order valence-corrected chi connectivity index (χ3v) is 6.70. The van der Waals surface area contributed by atoms with E-state index in [1.807, 2.05) is 34.6 Å². The normalized spacial score (nSPS) is 17.2. The van der Waals surface area contributed by atoms with E-state index in [2.05, 4.69) is 19.5 Å². The summed E-state index contributed by atoms with van der Waals surface area (Å²) >= 11 is 0. The fourth-order valence-electron chi connectivity index (χ4n) is 4.94. The van der Waals surface area contributed by atoms with Crippen LogP contribution in [0.2, 0.25) is 0 Å². The molecule has 1 aromatic carbocycles. The molecule has 6 rings (SSSR count). The Hall–Kier alpha value is -3.46. The van der Waals surface area contributed by atoms with Crippen LogP contribution >= 0.6 is 0 Å². The minimum atomic E-state index is -0.203. The molecular weight excluding hydrogens is 408 g/mol. The highest BCUT2D eigenvalue weighted by Gasteiger charge is 2.26. The van der Waals surface area contributed by atoms with Gasteiger partial charge in [-0.2, -0.15) is 0 Å². The highest BCUT2D eigenvalue weighted by atomic mass is 16.5. The lowest BCUT2D eigenvalue weighted by Gasteiger charge is -2.28. The van der Waals surface area contributed by atoms with E-state index in [1.165, 1.54) is 0 Å². The molecule has 2 aliphatic rings. The largest absolute Gasteiger partial charge is 0.381 e. The Bertz CT molecular complexity index is 1410. The zero-order valence-electron chi connectivity index (χ0n) is 17.9. The minimum Gasteiger partial charge on any atom is -0.381 e. The van der Waals surface area contributed by atoms with Gasteiger partial charge >= 0.3 is 0 Å². The molecule has 0 bridgehead atoms. The van der Waals surface area contributed by atoms with E-state index in [0.29, 0.717) is 42.9 Å². The molecule has 0 radical (unpaired) electrons. The molecule has 1 amide bonds. The van der Waals surface area contributed by atoms with Gasteiger partial charge in [-0.25, -0.2) is 9.97 Å². The van der Waals surface area contributed by atoms with Gasteiger partial charge in [-0.15, -0.1) is 0 Å². The number of carbonyl (C=O) groups excluding carboxylic acids is 1. The molecule has 1 saturated heterocycles. The number of hydrogen-bond donors (Lipinski definition) is 1. The third-order valence-electron chi connectivity index (χ3n) is 6.70. The van der Waals surface area contributed by atoms with Crippen LogP contribution in [0.4, 0.5) is 0 Å². The number of imidazole rings is 2. The van der Waals surface area contributed by atoms with Crippen molar-refractivity contribution in [3.63, 3.8) is 0 Å². The Labute approximate surface area is 183 Å². The maximum Gasteiger partial charge on any atom is 0.274 e. The second-order valence-corrected chi connectivity index (χ2v) is 8.63. The first-order valence-corrected chi connectivity index (χ1v) is 11.0. The van der Waals surface area contributed by atoms with Crippen molar-refractivity contribution in [3.05, 3.63) is 63.9 Å². The SMILES string of the molecule is Cc1cc2c(cc1C(=O)N1CCn3ccnc3C1)[nH]c(=O)c1cnc(C3CCOCC3)n12. The second-order valence-electron chi connectivity index (χ2n) is 8.63. The van der Waals surface area contributed by atoms with Gasteiger partial charge in [0.05, 0.1) is 23.8 Å². The van der Waals surface area contributed by atoms with Gasteiger partial charge in [-0.05, 0) is 37.5 Å². The van der Waals surface area contributed by atoms with Crippen molar-refractivity contribution >= 4 is 22.5 Å². The summed E-state index contributed by atoms with van der Waals surface area (Å²) in [5, 5.41) is 0. The zero-order chi connectivity index (χ0) is 21.8. The van der Waals surface area contributed by atoms with E-state index in [0.717, 1.165) is 42.1 Å². The number of benzene rings is 1. The summed E-state index contributed by atoms with van der Waals surface area (Å²) in [6, 6.07) is 3.80. The van der Waals surface area contributed by atoms with Crippen LogP contribution in [-0.2, 0) is 17.8 Å². The van der Waals surface area contributed by atoms with Crippen molar-refractivity contribution in [2.24, 2.45) is 0 Å². The molecule has 164 valence electrons. The fraction of sp³-hybridized carbons (Fsp3) is 0.391. The van der Waals surface area contributed by atoms with Crippen molar-refractivity contribution in [1.82, 2.24) is 28.8 Å². The van der Waals surface area contributed by atoms with Gasteiger partial charge in [0.2, 0.25) is 0 Å². The number of carbonyl (C=O) groups is 1. The number of nitrogens with one attached hydrogen (secondary N) is 1. The van der Waals surface area contributed by atoms with Gasteiger partial charge in [-0.1, -0.05) is 0 Å². The molecule has 3 aromatic heterocycles. The summed E-state index contributed by atoms with van der Waals surface area (Å²) in [4.78, 5) is 39.9. The van der Waals surface area contributed by atoms with Crippen LogP contribution in [0.15, 0.2) is 35.5 Å². The van der Waals surface area contributed by atoms with E-state index >= 15 is 0 Å². The summed E-state index contributed by atoms with van der Waals surface area (Å²) in [7, 11) is 0. The molecule has 2 aliphatic heterocycles. The van der Waals surface area contributed by atoms with Gasteiger partial charge in [-0.3, -0.25) is 14.0 Å². The van der Waals surface area contributed by atoms with E-state index in [-0.39, 0.29) is 17.4 Å². The number of nitrogens with zero attached hydrogens (tertiary/aromatic N) is 5. The standard InChI is InChI=1S/C23H24N6O3/c1-14-10-18-17(11-16(14)23(31)28-7-6-27-5-4-24-20(27)13-28)26-22(30)19-12-25-21(29(18)19)15-2-8-32-9-3-15/h4-5,10-12,15H,2-3,6-9,13H2,1H3,(H,26,30). The Morgan fingerprint density at radius 2 is 2.00 bits per heavy atom. The third kappa shape index (κ3) is 2.96. The van der Waals surface area contributed by atoms with E-state index in [1.54, 1.807) is 12.4 Å². The fourth-order valence-corrected chi connectivity index (χ4v) is 4.94. The molecule has 5 heterocycles. The average molecular weight is 432 g/mol. The molecule has 4 aromatic rings. The van der Waals surface area contributed by atoms with Gasteiger partial charge in [0, 0.05) is 50.2 Å². The van der Waals surface area contributed by atoms with Crippen LogP contribution in [0.3, 0.4) is 0 Å². The number of aromatic nitrogens is 5. The van der Waals surface area contributed by atoms with Gasteiger partial charge in [0.15, 0.2) is 0 Å². The topological polar surface area (TPSA) is 97.5 Å². The molecule has 0 atom stereocenters. The predicted molar refractivity (Wildman–Crippen MR) is 118 cm³/mol. The molecule has 1 N–H and O–H groups in total. The van der Waals surface area contributed by atoms with E-state index in [9.17, 15) is 9.59 Å². The van der Waals surface area contributed by atoms with Crippen molar-refractivity contribution in [2.75, 3.05) is 19.8 Å². The monoisotopic (exact) mass is 432 g/mol. The van der Waals surface area contributed by atoms with Crippen molar-refractivity contribution in [3.8, 4) is 0 Å². The Balaban J connectivity index is 1.45. The van der Waals surface area contributed by atoms with Gasteiger partial charge in [0.1, 0.15) is 17.2 Å². The highest BCUT2D eigenvalue weighted by Crippen LogP contribution is 2.29. The van der Waals surface area contributed by atoms with Crippen molar-refractivity contribution in [2.45, 2.75) is 38.8 Å². The zero-order valence-corrected chi connectivity index (χ0v) is 17.9. The first kappa shape index (κ1) is 19.2. The lowest BCUT2D eigenvalue weighted by molar-refractivity contribution is 0.0707. The lowest BCUT2D eigenvalue weighted by Crippen LogP contribution is -2.38. The Kier molecular flexibility index (Phi) is 4.39. The maximum atomic E-state index is 13.4. The van der Waals surface area contributed by atoms with Crippen LogP contribution < -0.4 is 5.56 Å². The summed E-state index contributed by atoms with van der Waals surface area (Å²) in [5.74, 6) is 1.98. The number of fused-ring (bicyclic) bond motifs is 4. The average Bonchev–Trinajstić information content (AvgIpc) is 3.47. The number of H-pyrrole nitrogens is 1. The first-order chi connectivity index (χ1) is 15.6. The van der Waals surface area contributed by atoms with Crippen molar-refractivity contribution < 1.29 is 9.53 Å². The number of hydrogen-bond acceptors (Lipinski definition) is 5. The Morgan fingerprint density at radius 3 is 2.84 bits per heavy atom.